The Morgan fingerprint density at radius 3 is 1.78 bits per heavy atom. The van der Waals surface area contributed by atoms with Crippen LogP contribution in [0, 0.1) is 0 Å². The molecule has 0 saturated heterocycles. The number of rotatable bonds is 1. The third-order valence-corrected chi connectivity index (χ3v) is 0.893. The summed E-state index contributed by atoms with van der Waals surface area (Å²) in [5.41, 5.74) is 0. The van der Waals surface area contributed by atoms with Crippen LogP contribution in [0.25, 0.3) is 0 Å². The number of carbonyl (C=O) groups is 1. The largest absolute Gasteiger partial charge is 0.454 e. The highest BCUT2D eigenvalue weighted by Gasteiger charge is 2.42. The average Bonchev–Trinajstić information content (AvgIpc) is 1.62. The lowest BCUT2D eigenvalue weighted by atomic mass is 10.4. The number of Topliss-reactive ketones (excluding diaryl/α,β-unsaturated/α-hetero) is 1. The Bertz CT molecular complexity index is 117. The smallest absolute Gasteiger partial charge is 0.285 e. The zero-order chi connectivity index (χ0) is 7.65. The molecule has 0 saturated carbocycles. The SMILES string of the molecule is O=C(C(F)Br)C(F)(F)F. The monoisotopic (exact) mass is 208 g/mol. The van der Waals surface area contributed by atoms with Crippen molar-refractivity contribution in [3.8, 4) is 0 Å². The molecular weight excluding hydrogens is 208 g/mol. The maximum Gasteiger partial charge on any atom is 0.454 e. The first-order valence-electron chi connectivity index (χ1n) is 1.75. The molecule has 0 N–H and O–H groups in total. The predicted octanol–water partition coefficient (Wildman–Crippen LogP) is 1.81. The van der Waals surface area contributed by atoms with E-state index < -0.39 is 17.0 Å². The van der Waals surface area contributed by atoms with E-state index in [0.717, 1.165) is 0 Å². The molecule has 1 unspecified atom stereocenters. The zero-order valence-electron chi connectivity index (χ0n) is 3.88. The second-order valence-corrected chi connectivity index (χ2v) is 1.97. The lowest BCUT2D eigenvalue weighted by molar-refractivity contribution is -0.172. The van der Waals surface area contributed by atoms with Crippen molar-refractivity contribution in [2.24, 2.45) is 0 Å². The number of hydrogen-bond acceptors (Lipinski definition) is 1. The zero-order valence-corrected chi connectivity index (χ0v) is 5.46. The fourth-order valence-electron chi connectivity index (χ4n) is 0.124. The van der Waals surface area contributed by atoms with Crippen LogP contribution in [0.2, 0.25) is 0 Å². The van der Waals surface area contributed by atoms with E-state index in [4.69, 9.17) is 0 Å². The molecule has 9 heavy (non-hydrogen) atoms. The van der Waals surface area contributed by atoms with E-state index in [2.05, 4.69) is 0 Å². The molecule has 6 heteroatoms. The molecule has 0 rings (SSSR count). The van der Waals surface area contributed by atoms with Crippen LogP contribution in [0.15, 0.2) is 0 Å². The Morgan fingerprint density at radius 2 is 1.78 bits per heavy atom. The van der Waals surface area contributed by atoms with E-state index in [1.165, 1.54) is 0 Å². The molecule has 54 valence electrons. The lowest BCUT2D eigenvalue weighted by Gasteiger charge is -2.02. The minimum Gasteiger partial charge on any atom is -0.285 e. The Hall–Kier alpha value is -0.130. The van der Waals surface area contributed by atoms with Gasteiger partial charge < -0.3 is 0 Å². The Balaban J connectivity index is 4.06. The van der Waals surface area contributed by atoms with Crippen molar-refractivity contribution in [1.82, 2.24) is 0 Å². The molecule has 1 atom stereocenters. The molecule has 0 bridgehead atoms. The van der Waals surface area contributed by atoms with Gasteiger partial charge in [-0.2, -0.15) is 13.2 Å². The van der Waals surface area contributed by atoms with E-state index in [0.29, 0.717) is 0 Å². The van der Waals surface area contributed by atoms with Crippen molar-refractivity contribution in [2.75, 3.05) is 0 Å². The van der Waals surface area contributed by atoms with Crippen molar-refractivity contribution in [1.29, 1.82) is 0 Å². The maximum atomic E-state index is 11.4. The summed E-state index contributed by atoms with van der Waals surface area (Å²) in [4.78, 5) is 9.62. The number of carbonyl (C=O) groups excluding carboxylic acids is 1. The van der Waals surface area contributed by atoms with Gasteiger partial charge in [-0.25, -0.2) is 4.39 Å². The quantitative estimate of drug-likeness (QED) is 0.475. The highest BCUT2D eigenvalue weighted by molar-refractivity contribution is 9.09. The molecule has 0 aromatic heterocycles. The fraction of sp³-hybridized carbons (Fsp3) is 0.667. The van der Waals surface area contributed by atoms with Gasteiger partial charge in [0.15, 0.2) is 0 Å². The van der Waals surface area contributed by atoms with Gasteiger partial charge in [0.25, 0.3) is 5.78 Å². The number of hydrogen-bond donors (Lipinski definition) is 0. The van der Waals surface area contributed by atoms with E-state index in [1.54, 1.807) is 0 Å². The molecule has 0 aliphatic rings. The third kappa shape index (κ3) is 2.78. The van der Waals surface area contributed by atoms with Crippen LogP contribution in [0.5, 0.6) is 0 Å². The summed E-state index contributed by atoms with van der Waals surface area (Å²) in [7, 11) is 0. The first-order chi connectivity index (χ1) is 3.85. The van der Waals surface area contributed by atoms with Crippen molar-refractivity contribution in [2.45, 2.75) is 11.3 Å². The van der Waals surface area contributed by atoms with Crippen LogP contribution < -0.4 is 0 Å². The second-order valence-electron chi connectivity index (χ2n) is 1.16. The molecule has 0 heterocycles. The van der Waals surface area contributed by atoms with E-state index in [1.807, 2.05) is 15.9 Å². The number of halogens is 5. The van der Waals surface area contributed by atoms with Gasteiger partial charge in [-0.3, -0.25) is 4.79 Å². The molecule has 0 aliphatic carbocycles. The van der Waals surface area contributed by atoms with Crippen molar-refractivity contribution in [3.63, 3.8) is 0 Å². The fourth-order valence-corrected chi connectivity index (χ4v) is 0.383. The topological polar surface area (TPSA) is 17.1 Å². The van der Waals surface area contributed by atoms with Crippen LogP contribution in [0.3, 0.4) is 0 Å². The Morgan fingerprint density at radius 1 is 1.44 bits per heavy atom. The summed E-state index contributed by atoms with van der Waals surface area (Å²) in [5.74, 6) is -2.41. The summed E-state index contributed by atoms with van der Waals surface area (Å²) in [5, 5.41) is -2.64. The third-order valence-electron chi connectivity index (χ3n) is 0.478. The van der Waals surface area contributed by atoms with Gasteiger partial charge in [0.05, 0.1) is 0 Å². The highest BCUT2D eigenvalue weighted by atomic mass is 79.9. The molecule has 0 aromatic rings. The second kappa shape index (κ2) is 2.64. The van der Waals surface area contributed by atoms with E-state index in [9.17, 15) is 22.4 Å². The Labute approximate surface area is 56.2 Å². The molecule has 0 amide bonds. The van der Waals surface area contributed by atoms with E-state index in [-0.39, 0.29) is 0 Å². The van der Waals surface area contributed by atoms with Crippen LogP contribution >= 0.6 is 15.9 Å². The van der Waals surface area contributed by atoms with Crippen LogP contribution in [-0.4, -0.2) is 17.0 Å². The predicted molar refractivity (Wildman–Crippen MR) is 24.9 cm³/mol. The molecular formula is C3HBrF4O. The normalized spacial score (nSPS) is 15.2. The standard InChI is InChI=1S/C3HBrF4O/c4-2(5)1(9)3(6,7)8/h2H. The molecule has 0 fully saturated rings. The van der Waals surface area contributed by atoms with E-state index >= 15 is 0 Å². The maximum absolute atomic E-state index is 11.4. The number of alkyl halides is 5. The van der Waals surface area contributed by atoms with Crippen LogP contribution in [0.4, 0.5) is 17.6 Å². The number of ketones is 1. The summed E-state index contributed by atoms with van der Waals surface area (Å²) < 4.78 is 44.7. The van der Waals surface area contributed by atoms with Gasteiger partial charge in [-0.05, 0) is 15.9 Å². The van der Waals surface area contributed by atoms with Gasteiger partial charge in [0.2, 0.25) is 5.08 Å². The summed E-state index contributed by atoms with van der Waals surface area (Å²) in [6.07, 6.45) is -5.08. The summed E-state index contributed by atoms with van der Waals surface area (Å²) in [6.45, 7) is 0. The van der Waals surface area contributed by atoms with Crippen molar-refractivity contribution < 1.29 is 22.4 Å². The Kier molecular flexibility index (Phi) is 2.60. The first kappa shape index (κ1) is 8.87. The first-order valence-corrected chi connectivity index (χ1v) is 2.66. The van der Waals surface area contributed by atoms with Gasteiger partial charge >= 0.3 is 6.18 Å². The average molecular weight is 209 g/mol. The van der Waals surface area contributed by atoms with Gasteiger partial charge in [0.1, 0.15) is 0 Å². The summed E-state index contributed by atoms with van der Waals surface area (Å²) >= 11 is 1.84. The van der Waals surface area contributed by atoms with Crippen molar-refractivity contribution >= 4 is 21.7 Å². The van der Waals surface area contributed by atoms with Gasteiger partial charge in [-0.1, -0.05) is 0 Å². The summed E-state index contributed by atoms with van der Waals surface area (Å²) in [6, 6.07) is 0. The molecule has 0 aliphatic heterocycles. The molecule has 0 radical (unpaired) electrons. The van der Waals surface area contributed by atoms with Gasteiger partial charge in [-0.15, -0.1) is 0 Å². The van der Waals surface area contributed by atoms with Crippen LogP contribution in [-0.2, 0) is 4.79 Å². The van der Waals surface area contributed by atoms with Crippen molar-refractivity contribution in [3.05, 3.63) is 0 Å². The molecule has 0 spiro atoms. The lowest BCUT2D eigenvalue weighted by Crippen LogP contribution is -2.28. The molecule has 0 aromatic carbocycles. The van der Waals surface area contributed by atoms with Gasteiger partial charge in [0, 0.05) is 0 Å². The van der Waals surface area contributed by atoms with Crippen LogP contribution in [0.1, 0.15) is 0 Å². The minimum atomic E-state index is -5.08. The highest BCUT2D eigenvalue weighted by Crippen LogP contribution is 2.21. The molecule has 1 nitrogen and oxygen atoms in total. The minimum absolute atomic E-state index is 1.84.